The maximum absolute atomic E-state index is 12.5. The summed E-state index contributed by atoms with van der Waals surface area (Å²) < 4.78 is 5.58. The Morgan fingerprint density at radius 3 is 2.61 bits per heavy atom. The van der Waals surface area contributed by atoms with E-state index in [0.29, 0.717) is 12.0 Å². The van der Waals surface area contributed by atoms with Gasteiger partial charge in [0.1, 0.15) is 5.60 Å². The van der Waals surface area contributed by atoms with Crippen molar-refractivity contribution in [2.45, 2.75) is 58.3 Å². The van der Waals surface area contributed by atoms with Gasteiger partial charge in [0.15, 0.2) is 0 Å². The Hall–Kier alpha value is -1.55. The van der Waals surface area contributed by atoms with Crippen molar-refractivity contribution in [3.05, 3.63) is 35.9 Å². The molecule has 1 aromatic carbocycles. The molecule has 4 nitrogen and oxygen atoms in total. The molecule has 2 aliphatic heterocycles. The van der Waals surface area contributed by atoms with Gasteiger partial charge in [-0.1, -0.05) is 30.3 Å². The Morgan fingerprint density at radius 2 is 1.96 bits per heavy atom. The SMILES string of the molecule is C[C@H]1[C@H]2CCN(Cc3ccccc3)[C@H]2CN1C(=O)OC(C)(C)C. The van der Waals surface area contributed by atoms with Crippen LogP contribution >= 0.6 is 0 Å². The fourth-order valence-corrected chi connectivity index (χ4v) is 3.93. The summed E-state index contributed by atoms with van der Waals surface area (Å²) in [5.74, 6) is 0.561. The highest BCUT2D eigenvalue weighted by atomic mass is 16.6. The zero-order valence-electron chi connectivity index (χ0n) is 14.7. The number of ether oxygens (including phenoxy) is 1. The van der Waals surface area contributed by atoms with Crippen molar-refractivity contribution in [2.24, 2.45) is 5.92 Å². The largest absolute Gasteiger partial charge is 0.444 e. The Kier molecular flexibility index (Phi) is 4.37. The topological polar surface area (TPSA) is 32.8 Å². The molecule has 3 rings (SSSR count). The van der Waals surface area contributed by atoms with Gasteiger partial charge >= 0.3 is 6.09 Å². The molecule has 0 aliphatic carbocycles. The molecule has 0 bridgehead atoms. The first-order chi connectivity index (χ1) is 10.8. The first-order valence-electron chi connectivity index (χ1n) is 8.63. The first kappa shape index (κ1) is 16.3. The number of hydrogen-bond acceptors (Lipinski definition) is 3. The Labute approximate surface area is 139 Å². The zero-order valence-corrected chi connectivity index (χ0v) is 14.7. The van der Waals surface area contributed by atoms with Gasteiger partial charge in [-0.3, -0.25) is 4.90 Å². The molecule has 2 aliphatic rings. The van der Waals surface area contributed by atoms with Crippen LogP contribution in [0.3, 0.4) is 0 Å². The Morgan fingerprint density at radius 1 is 1.26 bits per heavy atom. The van der Waals surface area contributed by atoms with Crippen LogP contribution in [0.5, 0.6) is 0 Å². The summed E-state index contributed by atoms with van der Waals surface area (Å²) in [6, 6.07) is 11.3. The van der Waals surface area contributed by atoms with Gasteiger partial charge < -0.3 is 9.64 Å². The molecule has 0 radical (unpaired) electrons. The molecule has 0 spiro atoms. The number of carbonyl (C=O) groups excluding carboxylic acids is 1. The lowest BCUT2D eigenvalue weighted by molar-refractivity contribution is 0.0208. The Bertz CT molecular complexity index is 552. The van der Waals surface area contributed by atoms with Gasteiger partial charge in [0, 0.05) is 25.2 Å². The second kappa shape index (κ2) is 6.16. The third-order valence-corrected chi connectivity index (χ3v) is 5.06. The van der Waals surface area contributed by atoms with Crippen molar-refractivity contribution in [1.82, 2.24) is 9.80 Å². The van der Waals surface area contributed by atoms with E-state index < -0.39 is 5.60 Å². The molecule has 1 aromatic rings. The third kappa shape index (κ3) is 3.52. The molecule has 4 heteroatoms. The lowest BCUT2D eigenvalue weighted by atomic mass is 9.98. The van der Waals surface area contributed by atoms with Crippen LogP contribution in [-0.4, -0.2) is 46.7 Å². The number of hydrogen-bond donors (Lipinski definition) is 0. The summed E-state index contributed by atoms with van der Waals surface area (Å²) in [7, 11) is 0. The summed E-state index contributed by atoms with van der Waals surface area (Å²) in [4.78, 5) is 16.9. The summed E-state index contributed by atoms with van der Waals surface area (Å²) in [5, 5.41) is 0. The first-order valence-corrected chi connectivity index (χ1v) is 8.63. The van der Waals surface area contributed by atoms with Crippen LogP contribution in [0, 0.1) is 5.92 Å². The number of rotatable bonds is 2. The number of amides is 1. The van der Waals surface area contributed by atoms with Crippen LogP contribution in [0.25, 0.3) is 0 Å². The second-order valence-electron chi connectivity index (χ2n) is 7.85. The van der Waals surface area contributed by atoms with Crippen LogP contribution in [0.1, 0.15) is 39.7 Å². The van der Waals surface area contributed by atoms with E-state index in [0.717, 1.165) is 26.1 Å². The van der Waals surface area contributed by atoms with Gasteiger partial charge in [-0.25, -0.2) is 4.79 Å². The molecule has 23 heavy (non-hydrogen) atoms. The van der Waals surface area contributed by atoms with Crippen molar-refractivity contribution < 1.29 is 9.53 Å². The van der Waals surface area contributed by atoms with Gasteiger partial charge in [0.05, 0.1) is 0 Å². The minimum Gasteiger partial charge on any atom is -0.444 e. The maximum Gasteiger partial charge on any atom is 0.410 e. The molecule has 0 N–H and O–H groups in total. The predicted molar refractivity (Wildman–Crippen MR) is 91.1 cm³/mol. The van der Waals surface area contributed by atoms with E-state index in [9.17, 15) is 4.79 Å². The van der Waals surface area contributed by atoms with Gasteiger partial charge in [-0.2, -0.15) is 0 Å². The summed E-state index contributed by atoms with van der Waals surface area (Å²) >= 11 is 0. The van der Waals surface area contributed by atoms with Crippen LogP contribution < -0.4 is 0 Å². The van der Waals surface area contributed by atoms with Gasteiger partial charge in [-0.15, -0.1) is 0 Å². The van der Waals surface area contributed by atoms with E-state index in [1.165, 1.54) is 5.56 Å². The van der Waals surface area contributed by atoms with Crippen molar-refractivity contribution in [3.63, 3.8) is 0 Å². The molecule has 2 saturated heterocycles. The molecule has 0 aromatic heterocycles. The quantitative estimate of drug-likeness (QED) is 0.837. The highest BCUT2D eigenvalue weighted by Crippen LogP contribution is 2.37. The van der Waals surface area contributed by atoms with Crippen LogP contribution in [0.2, 0.25) is 0 Å². The Balaban J connectivity index is 1.66. The number of likely N-dealkylation sites (tertiary alicyclic amines) is 2. The van der Waals surface area contributed by atoms with E-state index in [1.54, 1.807) is 0 Å². The molecule has 3 atom stereocenters. The number of nitrogens with zero attached hydrogens (tertiary/aromatic N) is 2. The van der Waals surface area contributed by atoms with E-state index in [1.807, 2.05) is 25.7 Å². The van der Waals surface area contributed by atoms with Gasteiger partial charge in [0.25, 0.3) is 0 Å². The molecule has 0 saturated carbocycles. The standard InChI is InChI=1S/C19H28N2O2/c1-14-16-10-11-20(12-15-8-6-5-7-9-15)17(16)13-21(14)18(22)23-19(2,3)4/h5-9,14,16-17H,10-13H2,1-4H3/t14-,16+,17-/m0/s1. The lowest BCUT2D eigenvalue weighted by Crippen LogP contribution is -2.41. The average Bonchev–Trinajstić information content (AvgIpc) is 3.00. The molecular formula is C19H28N2O2. The normalized spacial score (nSPS) is 28.0. The van der Waals surface area contributed by atoms with E-state index in [-0.39, 0.29) is 12.1 Å². The fourth-order valence-electron chi connectivity index (χ4n) is 3.93. The smallest absolute Gasteiger partial charge is 0.410 e. The third-order valence-electron chi connectivity index (χ3n) is 5.06. The van der Waals surface area contributed by atoms with Crippen LogP contribution in [0.4, 0.5) is 4.79 Å². The van der Waals surface area contributed by atoms with Crippen molar-refractivity contribution >= 4 is 6.09 Å². The minimum atomic E-state index is -0.432. The lowest BCUT2D eigenvalue weighted by Gasteiger charge is -2.29. The molecule has 126 valence electrons. The second-order valence-corrected chi connectivity index (χ2v) is 7.85. The van der Waals surface area contributed by atoms with E-state index >= 15 is 0 Å². The summed E-state index contributed by atoms with van der Waals surface area (Å²) in [6.07, 6.45) is 0.997. The molecular weight excluding hydrogens is 288 g/mol. The highest BCUT2D eigenvalue weighted by molar-refractivity contribution is 5.69. The van der Waals surface area contributed by atoms with Gasteiger partial charge in [-0.05, 0) is 52.1 Å². The van der Waals surface area contributed by atoms with E-state index in [2.05, 4.69) is 42.2 Å². The summed E-state index contributed by atoms with van der Waals surface area (Å²) in [5.41, 5.74) is 0.912. The van der Waals surface area contributed by atoms with Crippen LogP contribution in [0.15, 0.2) is 30.3 Å². The highest BCUT2D eigenvalue weighted by Gasteiger charge is 2.48. The molecule has 0 unspecified atom stereocenters. The number of carbonyl (C=O) groups is 1. The monoisotopic (exact) mass is 316 g/mol. The number of fused-ring (bicyclic) bond motifs is 1. The average molecular weight is 316 g/mol. The molecule has 2 heterocycles. The zero-order chi connectivity index (χ0) is 16.6. The van der Waals surface area contributed by atoms with Crippen molar-refractivity contribution in [2.75, 3.05) is 13.1 Å². The molecule has 2 fully saturated rings. The summed E-state index contributed by atoms with van der Waals surface area (Å²) in [6.45, 7) is 10.8. The maximum atomic E-state index is 12.5. The predicted octanol–water partition coefficient (Wildman–Crippen LogP) is 3.52. The van der Waals surface area contributed by atoms with Crippen LogP contribution in [-0.2, 0) is 11.3 Å². The van der Waals surface area contributed by atoms with E-state index in [4.69, 9.17) is 4.74 Å². The van der Waals surface area contributed by atoms with Crippen molar-refractivity contribution in [3.8, 4) is 0 Å². The van der Waals surface area contributed by atoms with Crippen molar-refractivity contribution in [1.29, 1.82) is 0 Å². The minimum absolute atomic E-state index is 0.168. The molecule has 1 amide bonds. The number of benzene rings is 1. The van der Waals surface area contributed by atoms with Gasteiger partial charge in [0.2, 0.25) is 0 Å². The fraction of sp³-hybridized carbons (Fsp3) is 0.632.